The van der Waals surface area contributed by atoms with Crippen molar-refractivity contribution in [3.63, 3.8) is 0 Å². The molecule has 0 aromatic carbocycles. The van der Waals surface area contributed by atoms with Gasteiger partial charge in [-0.25, -0.2) is 8.78 Å². The summed E-state index contributed by atoms with van der Waals surface area (Å²) in [6.45, 7) is -0.0444. The first-order chi connectivity index (χ1) is 7.10. The number of aromatic amines is 1. The Labute approximate surface area is 84.3 Å². The van der Waals surface area contributed by atoms with Crippen molar-refractivity contribution < 1.29 is 8.78 Å². The number of nitrogens with zero attached hydrogens (tertiary/aromatic N) is 1. The third-order valence-electron chi connectivity index (χ3n) is 1.94. The van der Waals surface area contributed by atoms with Crippen LogP contribution in [0.3, 0.4) is 0 Å². The summed E-state index contributed by atoms with van der Waals surface area (Å²) < 4.78 is 24.9. The lowest BCUT2D eigenvalue weighted by molar-refractivity contribution is 0.144. The topological polar surface area (TPSA) is 82.7 Å². The maximum absolute atomic E-state index is 12.5. The van der Waals surface area contributed by atoms with Crippen LogP contribution >= 0.6 is 0 Å². The summed E-state index contributed by atoms with van der Waals surface area (Å²) in [5, 5.41) is 8.44. The van der Waals surface area contributed by atoms with Crippen LogP contribution in [0, 0.1) is 11.3 Å². The fraction of sp³-hybridized carbons (Fsp3) is 0.333. The van der Waals surface area contributed by atoms with Gasteiger partial charge in [0.25, 0.3) is 12.0 Å². The Morgan fingerprint density at radius 3 is 2.67 bits per heavy atom. The fourth-order valence-electron chi connectivity index (χ4n) is 1.21. The zero-order chi connectivity index (χ0) is 11.4. The van der Waals surface area contributed by atoms with Crippen molar-refractivity contribution in [2.24, 2.45) is 5.73 Å². The molecule has 0 aliphatic heterocycles. The third-order valence-corrected chi connectivity index (χ3v) is 1.94. The van der Waals surface area contributed by atoms with Crippen LogP contribution < -0.4 is 11.3 Å². The van der Waals surface area contributed by atoms with Crippen LogP contribution in [0.4, 0.5) is 8.78 Å². The maximum atomic E-state index is 12.5. The standard InChI is InChI=1S/C9H9F2N3O/c10-8(11)7-5(1-2-12)3-6(4-13)9(15)14-7/h3,8H,1,4,13H2,(H,14,15). The van der Waals surface area contributed by atoms with E-state index < -0.39 is 17.7 Å². The summed E-state index contributed by atoms with van der Waals surface area (Å²) in [4.78, 5) is 13.2. The highest BCUT2D eigenvalue weighted by Crippen LogP contribution is 2.20. The summed E-state index contributed by atoms with van der Waals surface area (Å²) in [5.74, 6) is 0. The van der Waals surface area contributed by atoms with Crippen molar-refractivity contribution in [2.75, 3.05) is 0 Å². The molecule has 1 rings (SSSR count). The predicted octanol–water partition coefficient (Wildman–Crippen LogP) is 0.837. The van der Waals surface area contributed by atoms with Gasteiger partial charge in [-0.3, -0.25) is 4.79 Å². The van der Waals surface area contributed by atoms with E-state index in [0.29, 0.717) is 0 Å². The number of nitrogens with two attached hydrogens (primary N) is 1. The molecule has 0 aliphatic carbocycles. The molecule has 3 N–H and O–H groups in total. The second-order valence-corrected chi connectivity index (χ2v) is 2.90. The molecule has 0 saturated heterocycles. The Balaban J connectivity index is 3.33. The summed E-state index contributed by atoms with van der Waals surface area (Å²) >= 11 is 0. The number of nitrogens with one attached hydrogen (secondary N) is 1. The molecular weight excluding hydrogens is 204 g/mol. The Morgan fingerprint density at radius 2 is 2.20 bits per heavy atom. The minimum atomic E-state index is -2.80. The van der Waals surface area contributed by atoms with E-state index in [1.807, 2.05) is 4.98 Å². The van der Waals surface area contributed by atoms with Crippen LogP contribution in [-0.4, -0.2) is 4.98 Å². The lowest BCUT2D eigenvalue weighted by Crippen LogP contribution is -2.19. The Hall–Kier alpha value is -1.74. The van der Waals surface area contributed by atoms with E-state index in [0.717, 1.165) is 0 Å². The molecule has 0 radical (unpaired) electrons. The van der Waals surface area contributed by atoms with Gasteiger partial charge in [0.2, 0.25) is 0 Å². The van der Waals surface area contributed by atoms with Gasteiger partial charge < -0.3 is 10.7 Å². The molecule has 6 heteroatoms. The number of hydrogen-bond donors (Lipinski definition) is 2. The molecule has 1 aromatic heterocycles. The molecule has 1 aromatic rings. The van der Waals surface area contributed by atoms with Gasteiger partial charge in [0.1, 0.15) is 0 Å². The Bertz CT molecular complexity index is 448. The van der Waals surface area contributed by atoms with Crippen LogP contribution in [-0.2, 0) is 13.0 Å². The van der Waals surface area contributed by atoms with Crippen molar-refractivity contribution >= 4 is 0 Å². The second kappa shape index (κ2) is 4.66. The first kappa shape index (κ1) is 11.3. The number of alkyl halides is 2. The normalized spacial score (nSPS) is 10.3. The summed E-state index contributed by atoms with van der Waals surface area (Å²) in [6, 6.07) is 3.01. The zero-order valence-electron chi connectivity index (χ0n) is 7.76. The first-order valence-electron chi connectivity index (χ1n) is 4.20. The fourth-order valence-corrected chi connectivity index (χ4v) is 1.21. The number of rotatable bonds is 3. The highest BCUT2D eigenvalue weighted by molar-refractivity contribution is 5.28. The lowest BCUT2D eigenvalue weighted by Gasteiger charge is -2.07. The molecule has 15 heavy (non-hydrogen) atoms. The van der Waals surface area contributed by atoms with Crippen LogP contribution in [0.25, 0.3) is 0 Å². The highest BCUT2D eigenvalue weighted by Gasteiger charge is 2.15. The van der Waals surface area contributed by atoms with Gasteiger partial charge in [0.05, 0.1) is 18.2 Å². The molecular formula is C9H9F2N3O. The van der Waals surface area contributed by atoms with Gasteiger partial charge >= 0.3 is 0 Å². The second-order valence-electron chi connectivity index (χ2n) is 2.90. The monoisotopic (exact) mass is 213 g/mol. The van der Waals surface area contributed by atoms with E-state index >= 15 is 0 Å². The summed E-state index contributed by atoms with van der Waals surface area (Å²) in [7, 11) is 0. The number of halogens is 2. The minimum absolute atomic E-state index is 0.0444. The van der Waals surface area contributed by atoms with Crippen molar-refractivity contribution in [3.05, 3.63) is 33.2 Å². The van der Waals surface area contributed by atoms with Crippen molar-refractivity contribution in [1.82, 2.24) is 4.98 Å². The largest absolute Gasteiger partial charge is 0.326 e. The molecule has 0 amide bonds. The Kier molecular flexibility index (Phi) is 3.52. The summed E-state index contributed by atoms with van der Waals surface area (Å²) in [5.41, 5.74) is 4.44. The van der Waals surface area contributed by atoms with Gasteiger partial charge in [-0.2, -0.15) is 5.26 Å². The SMILES string of the molecule is N#CCc1cc(CN)c(=O)[nH]c1C(F)F. The molecule has 0 fully saturated rings. The zero-order valence-corrected chi connectivity index (χ0v) is 7.76. The van der Waals surface area contributed by atoms with Crippen LogP contribution in [0.5, 0.6) is 0 Å². The van der Waals surface area contributed by atoms with Crippen molar-refractivity contribution in [1.29, 1.82) is 5.26 Å². The van der Waals surface area contributed by atoms with E-state index in [2.05, 4.69) is 0 Å². The molecule has 1 heterocycles. The van der Waals surface area contributed by atoms with Crippen molar-refractivity contribution in [2.45, 2.75) is 19.4 Å². The summed E-state index contributed by atoms with van der Waals surface area (Å²) in [6.07, 6.45) is -2.98. The first-order valence-corrected chi connectivity index (χ1v) is 4.20. The van der Waals surface area contributed by atoms with Crippen LogP contribution in [0.1, 0.15) is 23.2 Å². The molecule has 0 bridgehead atoms. The number of pyridine rings is 1. The van der Waals surface area contributed by atoms with Crippen LogP contribution in [0.2, 0.25) is 0 Å². The predicted molar refractivity (Wildman–Crippen MR) is 49.2 cm³/mol. The van der Waals surface area contributed by atoms with Gasteiger partial charge in [0.15, 0.2) is 0 Å². The highest BCUT2D eigenvalue weighted by atomic mass is 19.3. The van der Waals surface area contributed by atoms with E-state index in [-0.39, 0.29) is 24.1 Å². The Morgan fingerprint density at radius 1 is 1.53 bits per heavy atom. The molecule has 0 saturated carbocycles. The van der Waals surface area contributed by atoms with E-state index in [1.165, 1.54) is 6.07 Å². The average Bonchev–Trinajstić information content (AvgIpc) is 2.20. The number of hydrogen-bond acceptors (Lipinski definition) is 3. The number of aromatic nitrogens is 1. The maximum Gasteiger partial charge on any atom is 0.278 e. The van der Waals surface area contributed by atoms with E-state index in [1.54, 1.807) is 6.07 Å². The third kappa shape index (κ3) is 2.39. The molecule has 0 atom stereocenters. The molecule has 0 spiro atoms. The molecule has 80 valence electrons. The van der Waals surface area contributed by atoms with E-state index in [4.69, 9.17) is 11.0 Å². The molecule has 0 aliphatic rings. The average molecular weight is 213 g/mol. The molecule has 4 nitrogen and oxygen atoms in total. The number of H-pyrrole nitrogens is 1. The van der Waals surface area contributed by atoms with Gasteiger partial charge in [0, 0.05) is 12.1 Å². The van der Waals surface area contributed by atoms with Gasteiger partial charge in [-0.1, -0.05) is 0 Å². The lowest BCUT2D eigenvalue weighted by atomic mass is 10.1. The minimum Gasteiger partial charge on any atom is -0.326 e. The van der Waals surface area contributed by atoms with Gasteiger partial charge in [-0.15, -0.1) is 0 Å². The molecule has 0 unspecified atom stereocenters. The van der Waals surface area contributed by atoms with E-state index in [9.17, 15) is 13.6 Å². The number of nitriles is 1. The van der Waals surface area contributed by atoms with Crippen molar-refractivity contribution in [3.8, 4) is 6.07 Å². The smallest absolute Gasteiger partial charge is 0.278 e. The quantitative estimate of drug-likeness (QED) is 0.780. The van der Waals surface area contributed by atoms with Crippen LogP contribution in [0.15, 0.2) is 10.9 Å². The van der Waals surface area contributed by atoms with Gasteiger partial charge in [-0.05, 0) is 11.6 Å².